The molecule has 1 N–H and O–H groups in total. The molecule has 1 fully saturated rings. The molecule has 0 radical (unpaired) electrons. The SMILES string of the molecule is Cc1cc(Br)ccc1N1CCCS(=O)(=O)NCC1. The van der Waals surface area contributed by atoms with E-state index >= 15 is 0 Å². The molecular weight excluding hydrogens is 316 g/mol. The van der Waals surface area contributed by atoms with Gasteiger partial charge in [-0.3, -0.25) is 0 Å². The van der Waals surface area contributed by atoms with Crippen LogP contribution in [0.25, 0.3) is 0 Å². The van der Waals surface area contributed by atoms with Gasteiger partial charge in [0.25, 0.3) is 0 Å². The van der Waals surface area contributed by atoms with Crippen molar-refractivity contribution in [1.82, 2.24) is 4.72 Å². The maximum Gasteiger partial charge on any atom is 0.211 e. The number of aryl methyl sites for hydroxylation is 1. The Morgan fingerprint density at radius 1 is 1.33 bits per heavy atom. The average Bonchev–Trinajstić information content (AvgIpc) is 2.24. The van der Waals surface area contributed by atoms with E-state index in [0.717, 1.165) is 11.0 Å². The van der Waals surface area contributed by atoms with Gasteiger partial charge in [-0.1, -0.05) is 15.9 Å². The van der Waals surface area contributed by atoms with E-state index in [1.807, 2.05) is 6.07 Å². The van der Waals surface area contributed by atoms with Crippen LogP contribution in [0.15, 0.2) is 22.7 Å². The molecule has 0 atom stereocenters. The van der Waals surface area contributed by atoms with Gasteiger partial charge in [0.2, 0.25) is 10.0 Å². The molecule has 2 rings (SSSR count). The highest BCUT2D eigenvalue weighted by molar-refractivity contribution is 9.10. The minimum absolute atomic E-state index is 0.207. The predicted octanol–water partition coefficient (Wildman–Crippen LogP) is 1.89. The Balaban J connectivity index is 2.14. The first-order valence-electron chi connectivity index (χ1n) is 5.96. The minimum atomic E-state index is -3.05. The second-order valence-corrected chi connectivity index (χ2v) is 7.33. The quantitative estimate of drug-likeness (QED) is 0.854. The lowest BCUT2D eigenvalue weighted by atomic mass is 10.1. The number of sulfonamides is 1. The number of nitrogens with zero attached hydrogens (tertiary/aromatic N) is 1. The number of rotatable bonds is 1. The van der Waals surface area contributed by atoms with Crippen LogP contribution in [0.1, 0.15) is 12.0 Å². The highest BCUT2D eigenvalue weighted by Crippen LogP contribution is 2.24. The Hall–Kier alpha value is -0.590. The molecule has 1 aliphatic heterocycles. The lowest BCUT2D eigenvalue weighted by Crippen LogP contribution is -2.40. The van der Waals surface area contributed by atoms with Crippen molar-refractivity contribution in [2.24, 2.45) is 0 Å². The lowest BCUT2D eigenvalue weighted by Gasteiger charge is -2.28. The Morgan fingerprint density at radius 3 is 2.83 bits per heavy atom. The third kappa shape index (κ3) is 3.46. The molecule has 0 unspecified atom stereocenters. The molecule has 0 spiro atoms. The van der Waals surface area contributed by atoms with Crippen LogP contribution < -0.4 is 9.62 Å². The highest BCUT2D eigenvalue weighted by Gasteiger charge is 2.17. The van der Waals surface area contributed by atoms with E-state index in [4.69, 9.17) is 0 Å². The summed E-state index contributed by atoms with van der Waals surface area (Å²) >= 11 is 3.45. The number of nitrogens with one attached hydrogen (secondary N) is 1. The van der Waals surface area contributed by atoms with Crippen LogP contribution >= 0.6 is 15.9 Å². The van der Waals surface area contributed by atoms with Gasteiger partial charge in [-0.05, 0) is 37.1 Å². The number of hydrogen-bond acceptors (Lipinski definition) is 3. The second kappa shape index (κ2) is 5.59. The molecular formula is C12H17BrN2O2S. The smallest absolute Gasteiger partial charge is 0.211 e. The summed E-state index contributed by atoms with van der Waals surface area (Å²) < 4.78 is 26.6. The van der Waals surface area contributed by atoms with Crippen molar-refractivity contribution in [3.63, 3.8) is 0 Å². The van der Waals surface area contributed by atoms with Crippen LogP contribution in [0.3, 0.4) is 0 Å². The molecule has 0 amide bonds. The number of halogens is 1. The zero-order valence-corrected chi connectivity index (χ0v) is 12.7. The van der Waals surface area contributed by atoms with Gasteiger partial charge < -0.3 is 4.90 Å². The van der Waals surface area contributed by atoms with Crippen molar-refractivity contribution in [2.45, 2.75) is 13.3 Å². The molecule has 1 aromatic carbocycles. The maximum atomic E-state index is 11.4. The molecule has 1 heterocycles. The van der Waals surface area contributed by atoms with Gasteiger partial charge in [-0.15, -0.1) is 0 Å². The summed E-state index contributed by atoms with van der Waals surface area (Å²) in [6.07, 6.45) is 0.658. The molecule has 0 aliphatic carbocycles. The zero-order valence-electron chi connectivity index (χ0n) is 10.3. The second-order valence-electron chi connectivity index (χ2n) is 4.48. The van der Waals surface area contributed by atoms with Crippen molar-refractivity contribution in [2.75, 3.05) is 30.3 Å². The molecule has 4 nitrogen and oxygen atoms in total. The van der Waals surface area contributed by atoms with Crippen LogP contribution in [0, 0.1) is 6.92 Å². The summed E-state index contributed by atoms with van der Waals surface area (Å²) in [7, 11) is -3.05. The molecule has 1 saturated heterocycles. The van der Waals surface area contributed by atoms with Gasteiger partial charge in [0.05, 0.1) is 5.75 Å². The Labute approximate surface area is 117 Å². The molecule has 1 aromatic rings. The molecule has 0 saturated carbocycles. The van der Waals surface area contributed by atoms with Crippen LogP contribution in [0.5, 0.6) is 0 Å². The van der Waals surface area contributed by atoms with Gasteiger partial charge in [-0.2, -0.15) is 0 Å². The van der Waals surface area contributed by atoms with Gasteiger partial charge in [0.15, 0.2) is 0 Å². The first kappa shape index (κ1) is 13.8. The van der Waals surface area contributed by atoms with Crippen LogP contribution in [-0.2, 0) is 10.0 Å². The van der Waals surface area contributed by atoms with E-state index < -0.39 is 10.0 Å². The van der Waals surface area contributed by atoms with Crippen molar-refractivity contribution in [1.29, 1.82) is 0 Å². The Bertz CT molecular complexity index is 515. The summed E-state index contributed by atoms with van der Waals surface area (Å²) in [6.45, 7) is 4.03. The summed E-state index contributed by atoms with van der Waals surface area (Å²) in [5, 5.41) is 0. The third-order valence-electron chi connectivity index (χ3n) is 3.04. The van der Waals surface area contributed by atoms with Crippen LogP contribution in [0.4, 0.5) is 5.69 Å². The largest absolute Gasteiger partial charge is 0.370 e. The average molecular weight is 333 g/mol. The van der Waals surface area contributed by atoms with E-state index in [9.17, 15) is 8.42 Å². The van der Waals surface area contributed by atoms with Crippen molar-refractivity contribution in [3.05, 3.63) is 28.2 Å². The standard InChI is InChI=1S/C12H17BrN2O2S/c1-10-9-11(13)3-4-12(10)15-6-2-8-18(16,17)14-5-7-15/h3-4,9,14H,2,5-8H2,1H3. The first-order valence-corrected chi connectivity index (χ1v) is 8.41. The van der Waals surface area contributed by atoms with E-state index in [2.05, 4.69) is 44.6 Å². The Morgan fingerprint density at radius 2 is 2.11 bits per heavy atom. The fourth-order valence-corrected chi connectivity index (χ4v) is 3.71. The molecule has 0 aromatic heterocycles. The minimum Gasteiger partial charge on any atom is -0.370 e. The number of hydrogen-bond donors (Lipinski definition) is 1. The molecule has 1 aliphatic rings. The normalized spacial score (nSPS) is 20.2. The number of anilines is 1. The summed E-state index contributed by atoms with van der Waals surface area (Å²) in [6, 6.07) is 6.18. The summed E-state index contributed by atoms with van der Waals surface area (Å²) in [5.74, 6) is 0.207. The van der Waals surface area contributed by atoms with Gasteiger partial charge in [-0.25, -0.2) is 13.1 Å². The first-order chi connectivity index (χ1) is 8.48. The van der Waals surface area contributed by atoms with E-state index in [0.29, 0.717) is 19.5 Å². The molecule has 6 heteroatoms. The zero-order chi connectivity index (χ0) is 13.2. The topological polar surface area (TPSA) is 49.4 Å². The third-order valence-corrected chi connectivity index (χ3v) is 5.01. The van der Waals surface area contributed by atoms with Crippen molar-refractivity contribution in [3.8, 4) is 0 Å². The fourth-order valence-electron chi connectivity index (χ4n) is 2.18. The van der Waals surface area contributed by atoms with E-state index in [1.165, 1.54) is 11.3 Å². The molecule has 18 heavy (non-hydrogen) atoms. The van der Waals surface area contributed by atoms with E-state index in [-0.39, 0.29) is 5.75 Å². The number of benzene rings is 1. The monoisotopic (exact) mass is 332 g/mol. The summed E-state index contributed by atoms with van der Waals surface area (Å²) in [4.78, 5) is 2.24. The fraction of sp³-hybridized carbons (Fsp3) is 0.500. The summed E-state index contributed by atoms with van der Waals surface area (Å²) in [5.41, 5.74) is 2.38. The van der Waals surface area contributed by atoms with Gasteiger partial charge in [0, 0.05) is 29.8 Å². The molecule has 100 valence electrons. The van der Waals surface area contributed by atoms with Crippen LogP contribution in [-0.4, -0.2) is 33.8 Å². The van der Waals surface area contributed by atoms with Gasteiger partial charge >= 0.3 is 0 Å². The van der Waals surface area contributed by atoms with Crippen molar-refractivity contribution < 1.29 is 8.42 Å². The maximum absolute atomic E-state index is 11.4. The van der Waals surface area contributed by atoms with Crippen molar-refractivity contribution >= 4 is 31.6 Å². The Kier molecular flexibility index (Phi) is 4.29. The predicted molar refractivity (Wildman–Crippen MR) is 77.5 cm³/mol. The highest BCUT2D eigenvalue weighted by atomic mass is 79.9. The van der Waals surface area contributed by atoms with Gasteiger partial charge in [0.1, 0.15) is 0 Å². The van der Waals surface area contributed by atoms with Crippen LogP contribution in [0.2, 0.25) is 0 Å². The van der Waals surface area contributed by atoms with E-state index in [1.54, 1.807) is 0 Å². The molecule has 0 bridgehead atoms. The lowest BCUT2D eigenvalue weighted by molar-refractivity contribution is 0.570.